The van der Waals surface area contributed by atoms with Crippen LogP contribution in [0.1, 0.15) is 25.6 Å². The number of hydrogen-bond donors (Lipinski definition) is 0. The van der Waals surface area contributed by atoms with Crippen LogP contribution >= 0.6 is 22.7 Å². The smallest absolute Gasteiger partial charge is 0.268 e. The highest BCUT2D eigenvalue weighted by atomic mass is 32.2. The third kappa shape index (κ3) is 3.06. The summed E-state index contributed by atoms with van der Waals surface area (Å²) >= 11 is -0.0681. The molecule has 0 N–H and O–H groups in total. The predicted molar refractivity (Wildman–Crippen MR) is 70.7 cm³/mol. The van der Waals surface area contributed by atoms with Gasteiger partial charge in [-0.25, -0.2) is 4.98 Å². The first-order chi connectivity index (χ1) is 9.13. The van der Waals surface area contributed by atoms with Crippen molar-refractivity contribution in [1.82, 2.24) is 4.98 Å². The van der Waals surface area contributed by atoms with Gasteiger partial charge in [0.1, 0.15) is 16.0 Å². The molecular formula is C9H5N4O3S3-. The summed E-state index contributed by atoms with van der Waals surface area (Å²) in [4.78, 5) is 18.2. The first-order valence-corrected chi connectivity index (χ1v) is 7.69. The zero-order valence-corrected chi connectivity index (χ0v) is 11.6. The Morgan fingerprint density at radius 3 is 2.95 bits per heavy atom. The standard InChI is InChI=1S/C9H6N4O3S3/c10-13-12-8(14)5-4-18-9(11-5)7(19(15)16)6-2-1-3-17-6/h1-4,7H,(H,15,16)/p-1. The van der Waals surface area contributed by atoms with E-state index in [0.717, 1.165) is 11.3 Å². The van der Waals surface area contributed by atoms with Crippen LogP contribution in [0.5, 0.6) is 0 Å². The van der Waals surface area contributed by atoms with E-state index in [0.29, 0.717) is 4.88 Å². The maximum atomic E-state index is 11.3. The zero-order chi connectivity index (χ0) is 13.8. The number of thiophene rings is 1. The summed E-state index contributed by atoms with van der Waals surface area (Å²) in [6.07, 6.45) is 0. The molecule has 2 aromatic rings. The highest BCUT2D eigenvalue weighted by Gasteiger charge is 2.21. The molecule has 2 heterocycles. The first-order valence-electron chi connectivity index (χ1n) is 4.80. The predicted octanol–water partition coefficient (Wildman–Crippen LogP) is 2.62. The fourth-order valence-corrected chi connectivity index (χ4v) is 4.20. The Kier molecular flexibility index (Phi) is 4.40. The van der Waals surface area contributed by atoms with Crippen molar-refractivity contribution >= 4 is 39.7 Å². The number of thiazole rings is 1. The second kappa shape index (κ2) is 6.04. The van der Waals surface area contributed by atoms with Gasteiger partial charge in [0.2, 0.25) is 0 Å². The van der Waals surface area contributed by atoms with Crippen LogP contribution in [0, 0.1) is 0 Å². The van der Waals surface area contributed by atoms with Crippen LogP contribution < -0.4 is 0 Å². The Bertz CT molecular complexity index is 660. The summed E-state index contributed by atoms with van der Waals surface area (Å²) in [5.74, 6) is -0.827. The van der Waals surface area contributed by atoms with Crippen LogP contribution in [0.4, 0.5) is 0 Å². The highest BCUT2D eigenvalue weighted by Crippen LogP contribution is 2.32. The fraction of sp³-hybridized carbons (Fsp3) is 0.111. The average molecular weight is 313 g/mol. The summed E-state index contributed by atoms with van der Waals surface area (Å²) in [5, 5.41) is 5.41. The summed E-state index contributed by atoms with van der Waals surface area (Å²) < 4.78 is 22.6. The zero-order valence-electron chi connectivity index (χ0n) is 9.13. The molecule has 0 bridgehead atoms. The third-order valence-corrected chi connectivity index (χ3v) is 5.10. The topological polar surface area (TPSA) is 119 Å². The van der Waals surface area contributed by atoms with Gasteiger partial charge in [0.15, 0.2) is 0 Å². The molecule has 0 aromatic carbocycles. The quantitative estimate of drug-likeness (QED) is 0.373. The van der Waals surface area contributed by atoms with Crippen LogP contribution in [0.3, 0.4) is 0 Å². The molecular weight excluding hydrogens is 308 g/mol. The molecule has 0 spiro atoms. The molecule has 0 aliphatic rings. The van der Waals surface area contributed by atoms with E-state index in [9.17, 15) is 13.6 Å². The Hall–Kier alpha value is -1.58. The maximum Gasteiger partial charge on any atom is 0.268 e. The van der Waals surface area contributed by atoms with Crippen LogP contribution in [-0.4, -0.2) is 19.7 Å². The van der Waals surface area contributed by atoms with E-state index >= 15 is 0 Å². The number of aromatic nitrogens is 1. The number of amides is 1. The van der Waals surface area contributed by atoms with Gasteiger partial charge in [0.25, 0.3) is 5.91 Å². The Morgan fingerprint density at radius 2 is 2.37 bits per heavy atom. The molecule has 1 amide bonds. The van der Waals surface area contributed by atoms with E-state index in [4.69, 9.17) is 5.53 Å². The molecule has 19 heavy (non-hydrogen) atoms. The molecule has 2 atom stereocenters. The molecule has 0 aliphatic heterocycles. The number of azide groups is 1. The van der Waals surface area contributed by atoms with E-state index in [-0.39, 0.29) is 10.7 Å². The van der Waals surface area contributed by atoms with Gasteiger partial charge in [-0.15, -0.1) is 22.7 Å². The lowest BCUT2D eigenvalue weighted by atomic mass is 10.3. The second-order valence-corrected chi connectivity index (χ2v) is 6.08. The van der Waals surface area contributed by atoms with Crippen molar-refractivity contribution < 1.29 is 13.6 Å². The monoisotopic (exact) mass is 313 g/mol. The lowest BCUT2D eigenvalue weighted by Crippen LogP contribution is -2.06. The van der Waals surface area contributed by atoms with Gasteiger partial charge in [-0.3, -0.25) is 9.00 Å². The molecule has 2 rings (SSSR count). The van der Waals surface area contributed by atoms with Crippen LogP contribution in [0.25, 0.3) is 10.4 Å². The van der Waals surface area contributed by atoms with Crippen LogP contribution in [0.2, 0.25) is 0 Å². The Morgan fingerprint density at radius 1 is 1.58 bits per heavy atom. The Balaban J connectivity index is 2.37. The molecule has 0 aliphatic carbocycles. The van der Waals surface area contributed by atoms with Crippen molar-refractivity contribution in [3.05, 3.63) is 48.9 Å². The number of hydrogen-bond acceptors (Lipinski definition) is 6. The summed E-state index contributed by atoms with van der Waals surface area (Å²) in [7, 11) is 0. The molecule has 7 nitrogen and oxygen atoms in total. The van der Waals surface area contributed by atoms with Crippen LogP contribution in [-0.2, 0) is 11.1 Å². The van der Waals surface area contributed by atoms with Gasteiger partial charge in [-0.05, 0) is 33.2 Å². The molecule has 98 valence electrons. The number of rotatable bonds is 4. The molecule has 10 heteroatoms. The van der Waals surface area contributed by atoms with Gasteiger partial charge in [0.05, 0.1) is 0 Å². The van der Waals surface area contributed by atoms with Crippen molar-refractivity contribution in [3.8, 4) is 0 Å². The molecule has 0 saturated heterocycles. The first kappa shape index (κ1) is 13.8. The molecule has 2 unspecified atom stereocenters. The van der Waals surface area contributed by atoms with Gasteiger partial charge < -0.3 is 4.55 Å². The van der Waals surface area contributed by atoms with Crippen molar-refractivity contribution in [2.75, 3.05) is 0 Å². The van der Waals surface area contributed by atoms with Crippen molar-refractivity contribution in [2.45, 2.75) is 5.25 Å². The van der Waals surface area contributed by atoms with Crippen molar-refractivity contribution in [1.29, 1.82) is 0 Å². The summed E-state index contributed by atoms with van der Waals surface area (Å²) in [6.45, 7) is 0. The van der Waals surface area contributed by atoms with Gasteiger partial charge in [-0.1, -0.05) is 6.07 Å². The molecule has 2 aromatic heterocycles. The normalized spacial score (nSPS) is 13.5. The minimum Gasteiger partial charge on any atom is -0.772 e. The maximum absolute atomic E-state index is 11.3. The third-order valence-electron chi connectivity index (χ3n) is 2.09. The van der Waals surface area contributed by atoms with E-state index in [1.54, 1.807) is 17.5 Å². The SMILES string of the molecule is [N-]=[N+]=NC(=O)c1csc(C(c2cccs2)S(=O)[O-])n1. The second-order valence-electron chi connectivity index (χ2n) is 3.22. The molecule has 0 fully saturated rings. The Labute approximate surface area is 117 Å². The lowest BCUT2D eigenvalue weighted by molar-refractivity contribution is 0.0996. The number of nitrogens with zero attached hydrogens (tertiary/aromatic N) is 4. The largest absolute Gasteiger partial charge is 0.772 e. The van der Waals surface area contributed by atoms with Crippen molar-refractivity contribution in [3.63, 3.8) is 0 Å². The minimum atomic E-state index is -2.39. The average Bonchev–Trinajstić information content (AvgIpc) is 3.00. The highest BCUT2D eigenvalue weighted by molar-refractivity contribution is 7.80. The van der Waals surface area contributed by atoms with E-state index in [1.807, 2.05) is 0 Å². The van der Waals surface area contributed by atoms with E-state index in [1.165, 1.54) is 16.7 Å². The summed E-state index contributed by atoms with van der Waals surface area (Å²) in [6, 6.07) is 3.42. The van der Waals surface area contributed by atoms with Crippen LogP contribution in [0.15, 0.2) is 28.0 Å². The van der Waals surface area contributed by atoms with E-state index in [2.05, 4.69) is 15.0 Å². The molecule has 0 radical (unpaired) electrons. The van der Waals surface area contributed by atoms with Crippen molar-refractivity contribution in [2.24, 2.45) is 5.11 Å². The summed E-state index contributed by atoms with van der Waals surface area (Å²) in [5.41, 5.74) is 8.12. The van der Waals surface area contributed by atoms with E-state index < -0.39 is 22.2 Å². The lowest BCUT2D eigenvalue weighted by Gasteiger charge is -2.15. The van der Waals surface area contributed by atoms with Gasteiger partial charge in [0, 0.05) is 15.2 Å². The van der Waals surface area contributed by atoms with Gasteiger partial charge >= 0.3 is 0 Å². The van der Waals surface area contributed by atoms with Gasteiger partial charge in [-0.2, -0.15) is 0 Å². The number of carbonyl (C=O) groups excluding carboxylic acids is 1. The number of carbonyl (C=O) groups is 1. The molecule has 0 saturated carbocycles. The fourth-order valence-electron chi connectivity index (χ4n) is 1.34. The minimum absolute atomic E-state index is 0.0511.